The number of amides is 1. The fourth-order valence-electron chi connectivity index (χ4n) is 8.81. The molecule has 6 atom stereocenters. The van der Waals surface area contributed by atoms with Crippen molar-refractivity contribution >= 4 is 62.6 Å². The topological polar surface area (TPSA) is 62.2 Å². The van der Waals surface area contributed by atoms with Gasteiger partial charge in [0, 0.05) is 34.6 Å². The van der Waals surface area contributed by atoms with E-state index in [9.17, 15) is 4.79 Å². The molecule has 3 unspecified atom stereocenters. The number of thioether (sulfide) groups is 1. The maximum atomic E-state index is 15.5. The third-order valence-corrected chi connectivity index (χ3v) is 12.6. The van der Waals surface area contributed by atoms with Crippen molar-refractivity contribution in [3.63, 3.8) is 0 Å². The summed E-state index contributed by atoms with van der Waals surface area (Å²) < 4.78 is 5.15. The highest BCUT2D eigenvalue weighted by Crippen LogP contribution is 2.67. The molecular weight excluding hydrogens is 625 g/mol. The first-order valence-corrected chi connectivity index (χ1v) is 16.9. The Bertz CT molecular complexity index is 1960. The van der Waals surface area contributed by atoms with Crippen LogP contribution in [0.25, 0.3) is 10.8 Å². The third-order valence-electron chi connectivity index (χ3n) is 10.6. The monoisotopic (exact) mass is 653 g/mol. The summed E-state index contributed by atoms with van der Waals surface area (Å²) in [6.07, 6.45) is 1.78. The molecule has 4 aliphatic heterocycles. The first-order valence-electron chi connectivity index (χ1n) is 15.4. The molecule has 4 heterocycles. The van der Waals surface area contributed by atoms with E-state index in [2.05, 4.69) is 23.1 Å². The minimum absolute atomic E-state index is 0.0144. The van der Waals surface area contributed by atoms with Crippen molar-refractivity contribution in [2.75, 3.05) is 13.7 Å². The van der Waals surface area contributed by atoms with Crippen LogP contribution in [0, 0.1) is 5.92 Å². The molecule has 226 valence electrons. The number of carbonyl (C=O) groups is 2. The summed E-state index contributed by atoms with van der Waals surface area (Å²) in [5.74, 6) is 0.00163. The van der Waals surface area contributed by atoms with Crippen molar-refractivity contribution < 1.29 is 14.3 Å². The van der Waals surface area contributed by atoms with E-state index >= 15 is 4.79 Å². The van der Waals surface area contributed by atoms with E-state index in [4.69, 9.17) is 32.9 Å². The van der Waals surface area contributed by atoms with Gasteiger partial charge in [0.1, 0.15) is 10.3 Å². The predicted molar refractivity (Wildman–Crippen MR) is 178 cm³/mol. The average Bonchev–Trinajstić information content (AvgIpc) is 3.58. The van der Waals surface area contributed by atoms with Gasteiger partial charge in [0.25, 0.3) is 0 Å². The highest BCUT2D eigenvalue weighted by molar-refractivity contribution is 8.16. The molecule has 5 aliphatic rings. The molecule has 1 aliphatic carbocycles. The summed E-state index contributed by atoms with van der Waals surface area (Å²) >= 11 is 14.8. The Labute approximate surface area is 275 Å². The number of ketones is 1. The summed E-state index contributed by atoms with van der Waals surface area (Å²) in [7, 11) is 1.97. The minimum atomic E-state index is -1.09. The molecular formula is C36H29Cl2N3O3S. The number of amidine groups is 1. The Morgan fingerprint density at radius 2 is 1.78 bits per heavy atom. The normalized spacial score (nSPS) is 32.1. The number of aliphatic imine (C=N–C) groups is 1. The lowest BCUT2D eigenvalue weighted by Crippen LogP contribution is -2.50. The van der Waals surface area contributed by atoms with Crippen LogP contribution < -0.4 is 0 Å². The Kier molecular flexibility index (Phi) is 6.17. The van der Waals surface area contributed by atoms with Crippen LogP contribution in [0.15, 0.2) is 89.9 Å². The Morgan fingerprint density at radius 3 is 2.58 bits per heavy atom. The molecule has 0 radical (unpaired) electrons. The number of Topliss-reactive ketones (excluding diaryl/α,β-unsaturated/α-hetero) is 1. The number of carbonyl (C=O) groups excluding carboxylic acids is 2. The Morgan fingerprint density at radius 1 is 0.978 bits per heavy atom. The SMILES string of the molecule is CN1[C@H](c2ccc(Cl)cc2Cl)[C@@]2(C[C@]13C(=O)c1cccc4cccc3c14)SC1=NC3OCCCC3C(c3ccccc3)N1C2=O. The molecule has 9 rings (SSSR count). The summed E-state index contributed by atoms with van der Waals surface area (Å²) in [4.78, 5) is 39.4. The predicted octanol–water partition coefficient (Wildman–Crippen LogP) is 7.79. The standard InChI is InChI=1S/C36H29Cl2N3O3S/c1-40-30(23-16-15-22(37)18-27(23)38)36(19-35(40)26-14-6-11-20-10-5-12-24(28(20)26)31(35)42)33(43)41-29(21-8-3-2-4-9-21)25-13-7-17-44-32(25)39-34(41)45-36/h2-6,8-12,14-16,18,25,29-30,32H,7,13,17,19H2,1H3/t25?,29?,30-,32?,35+,36-/m1/s1. The van der Waals surface area contributed by atoms with Crippen molar-refractivity contribution in [1.82, 2.24) is 9.80 Å². The summed E-state index contributed by atoms with van der Waals surface area (Å²) in [6.45, 7) is 0.648. The molecule has 0 bridgehead atoms. The van der Waals surface area contributed by atoms with Gasteiger partial charge in [0.15, 0.2) is 17.2 Å². The van der Waals surface area contributed by atoms with Crippen molar-refractivity contribution in [3.05, 3.63) is 117 Å². The first kappa shape index (κ1) is 28.1. The van der Waals surface area contributed by atoms with Crippen LogP contribution in [0.1, 0.15) is 58.4 Å². The van der Waals surface area contributed by atoms with Gasteiger partial charge in [-0.25, -0.2) is 4.99 Å². The molecule has 4 aromatic rings. The van der Waals surface area contributed by atoms with E-state index in [0.29, 0.717) is 27.4 Å². The van der Waals surface area contributed by atoms with Crippen LogP contribution >= 0.6 is 35.0 Å². The maximum Gasteiger partial charge on any atom is 0.247 e. The molecule has 1 amide bonds. The number of hydrogen-bond acceptors (Lipinski definition) is 6. The number of rotatable bonds is 2. The van der Waals surface area contributed by atoms with E-state index in [1.807, 2.05) is 72.6 Å². The lowest BCUT2D eigenvalue weighted by molar-refractivity contribution is -0.136. The lowest BCUT2D eigenvalue weighted by atomic mass is 9.81. The van der Waals surface area contributed by atoms with Gasteiger partial charge in [-0.2, -0.15) is 0 Å². The highest BCUT2D eigenvalue weighted by atomic mass is 35.5. The number of nitrogens with zero attached hydrogens (tertiary/aromatic N) is 3. The molecule has 3 fully saturated rings. The van der Waals surface area contributed by atoms with Crippen molar-refractivity contribution in [1.29, 1.82) is 0 Å². The molecule has 45 heavy (non-hydrogen) atoms. The van der Waals surface area contributed by atoms with Crippen LogP contribution in [0.4, 0.5) is 0 Å². The lowest BCUT2D eigenvalue weighted by Gasteiger charge is -2.43. The van der Waals surface area contributed by atoms with Gasteiger partial charge < -0.3 is 4.74 Å². The van der Waals surface area contributed by atoms with Crippen LogP contribution in [-0.4, -0.2) is 51.3 Å². The fraction of sp³-hybridized carbons (Fsp3) is 0.306. The number of hydrogen-bond donors (Lipinski definition) is 0. The van der Waals surface area contributed by atoms with Crippen LogP contribution in [0.3, 0.4) is 0 Å². The number of benzene rings is 4. The van der Waals surface area contributed by atoms with Crippen LogP contribution in [0.2, 0.25) is 10.0 Å². The quantitative estimate of drug-likeness (QED) is 0.221. The summed E-state index contributed by atoms with van der Waals surface area (Å²) in [5.41, 5.74) is 2.39. The number of likely N-dealkylation sites (N-methyl/N-ethyl adjacent to an activating group) is 1. The van der Waals surface area contributed by atoms with E-state index in [1.54, 1.807) is 6.07 Å². The van der Waals surface area contributed by atoms with Gasteiger partial charge in [0.05, 0.1) is 12.1 Å². The molecule has 0 saturated carbocycles. The van der Waals surface area contributed by atoms with E-state index in [-0.39, 0.29) is 36.3 Å². The van der Waals surface area contributed by atoms with Crippen molar-refractivity contribution in [3.8, 4) is 0 Å². The van der Waals surface area contributed by atoms with Crippen LogP contribution in [0.5, 0.6) is 0 Å². The molecule has 3 saturated heterocycles. The second kappa shape index (κ2) is 9.90. The van der Waals surface area contributed by atoms with Gasteiger partial charge in [0.2, 0.25) is 5.91 Å². The molecule has 2 spiro atoms. The molecule has 6 nitrogen and oxygen atoms in total. The van der Waals surface area contributed by atoms with E-state index in [0.717, 1.165) is 40.3 Å². The smallest absolute Gasteiger partial charge is 0.247 e. The number of likely N-dealkylation sites (tertiary alicyclic amines) is 1. The van der Waals surface area contributed by atoms with Crippen LogP contribution in [-0.2, 0) is 15.1 Å². The van der Waals surface area contributed by atoms with Gasteiger partial charge in [-0.3, -0.25) is 19.4 Å². The van der Waals surface area contributed by atoms with Gasteiger partial charge >= 0.3 is 0 Å². The third kappa shape index (κ3) is 3.65. The van der Waals surface area contributed by atoms with Gasteiger partial charge in [-0.15, -0.1) is 0 Å². The summed E-state index contributed by atoms with van der Waals surface area (Å²) in [5, 5.41) is 3.61. The first-order chi connectivity index (χ1) is 21.8. The van der Waals surface area contributed by atoms with E-state index in [1.165, 1.54) is 11.8 Å². The number of halogens is 2. The molecule has 4 aromatic carbocycles. The largest absolute Gasteiger partial charge is 0.356 e. The van der Waals surface area contributed by atoms with Crippen molar-refractivity contribution in [2.45, 2.75) is 47.9 Å². The number of fused-ring (bicyclic) bond motifs is 3. The maximum absolute atomic E-state index is 15.5. The Hall–Kier alpha value is -3.20. The summed E-state index contributed by atoms with van der Waals surface area (Å²) in [6, 6.07) is 26.9. The zero-order chi connectivity index (χ0) is 30.7. The zero-order valence-corrected chi connectivity index (χ0v) is 26.8. The second-order valence-corrected chi connectivity index (χ2v) is 14.9. The highest BCUT2D eigenvalue weighted by Gasteiger charge is 2.72. The Balaban J connectivity index is 1.28. The molecule has 0 aromatic heterocycles. The zero-order valence-electron chi connectivity index (χ0n) is 24.5. The molecule has 0 N–H and O–H groups in total. The molecule has 9 heteroatoms. The fourth-order valence-corrected chi connectivity index (χ4v) is 11.0. The van der Waals surface area contributed by atoms with Crippen molar-refractivity contribution in [2.24, 2.45) is 10.9 Å². The number of ether oxygens (including phenoxy) is 1. The average molecular weight is 655 g/mol. The van der Waals surface area contributed by atoms with E-state index < -0.39 is 16.3 Å². The van der Waals surface area contributed by atoms with Gasteiger partial charge in [-0.05, 0) is 59.5 Å². The second-order valence-electron chi connectivity index (χ2n) is 12.8. The minimum Gasteiger partial charge on any atom is -0.356 e. The van der Waals surface area contributed by atoms with Gasteiger partial charge in [-0.1, -0.05) is 108 Å².